The molecular formula is C25H34N4O. The zero-order chi connectivity index (χ0) is 21.3. The first kappa shape index (κ1) is 20.8. The predicted octanol–water partition coefficient (Wildman–Crippen LogP) is 4.72. The molecule has 0 bridgehead atoms. The van der Waals surface area contributed by atoms with E-state index in [-0.39, 0.29) is 5.92 Å². The van der Waals surface area contributed by atoms with Crippen LogP contribution in [0.15, 0.2) is 24.3 Å². The smallest absolute Gasteiger partial charge is 0.225 e. The van der Waals surface area contributed by atoms with Crippen molar-refractivity contribution in [1.29, 1.82) is 0 Å². The first-order chi connectivity index (χ1) is 14.4. The number of carbonyl (C=O) groups excluding carboxylic acids is 1. The van der Waals surface area contributed by atoms with Crippen molar-refractivity contribution in [2.75, 3.05) is 31.1 Å². The summed E-state index contributed by atoms with van der Waals surface area (Å²) in [6, 6.07) is 8.41. The number of amides is 1. The average Bonchev–Trinajstić information content (AvgIpc) is 3.28. The maximum absolute atomic E-state index is 12.8. The van der Waals surface area contributed by atoms with E-state index in [1.807, 2.05) is 0 Å². The van der Waals surface area contributed by atoms with E-state index in [0.29, 0.717) is 11.8 Å². The van der Waals surface area contributed by atoms with Gasteiger partial charge in [-0.3, -0.25) is 4.79 Å². The number of nitrogens with zero attached hydrogens (tertiary/aromatic N) is 4. The maximum atomic E-state index is 12.8. The molecule has 1 amide bonds. The van der Waals surface area contributed by atoms with Crippen molar-refractivity contribution in [2.24, 2.45) is 5.92 Å². The van der Waals surface area contributed by atoms with E-state index in [1.54, 1.807) is 0 Å². The molecule has 1 saturated carbocycles. The lowest BCUT2D eigenvalue weighted by atomic mass is 10.0. The summed E-state index contributed by atoms with van der Waals surface area (Å²) in [6.07, 6.45) is 4.55. The molecule has 2 aliphatic rings. The summed E-state index contributed by atoms with van der Waals surface area (Å²) in [4.78, 5) is 27.1. The van der Waals surface area contributed by atoms with Gasteiger partial charge in [-0.1, -0.05) is 56.5 Å². The molecule has 2 aromatic rings. The Morgan fingerprint density at radius 2 is 1.60 bits per heavy atom. The molecule has 0 unspecified atom stereocenters. The molecule has 1 aliphatic heterocycles. The number of benzene rings is 1. The van der Waals surface area contributed by atoms with Crippen LogP contribution in [0.4, 0.5) is 5.82 Å². The fraction of sp³-hybridized carbons (Fsp3) is 0.560. The largest absolute Gasteiger partial charge is 0.353 e. The van der Waals surface area contributed by atoms with E-state index in [9.17, 15) is 4.79 Å². The number of rotatable bonds is 4. The maximum Gasteiger partial charge on any atom is 0.225 e. The van der Waals surface area contributed by atoms with Gasteiger partial charge < -0.3 is 9.80 Å². The van der Waals surface area contributed by atoms with Crippen LogP contribution in [0.25, 0.3) is 11.4 Å². The molecule has 5 nitrogen and oxygen atoms in total. The third kappa shape index (κ3) is 4.21. The highest BCUT2D eigenvalue weighted by molar-refractivity contribution is 5.79. The van der Waals surface area contributed by atoms with Crippen molar-refractivity contribution >= 4 is 11.7 Å². The number of aryl methyl sites for hydroxylation is 2. The van der Waals surface area contributed by atoms with Gasteiger partial charge in [-0.2, -0.15) is 0 Å². The van der Waals surface area contributed by atoms with Gasteiger partial charge in [0.1, 0.15) is 5.82 Å². The highest BCUT2D eigenvalue weighted by atomic mass is 16.2. The van der Waals surface area contributed by atoms with Crippen LogP contribution in [-0.2, 0) is 4.79 Å². The van der Waals surface area contributed by atoms with Crippen LogP contribution in [0.1, 0.15) is 62.3 Å². The van der Waals surface area contributed by atoms with Crippen LogP contribution >= 0.6 is 0 Å². The predicted molar refractivity (Wildman–Crippen MR) is 122 cm³/mol. The number of aromatic nitrogens is 2. The number of hydrogen-bond acceptors (Lipinski definition) is 4. The summed E-state index contributed by atoms with van der Waals surface area (Å²) in [6.45, 7) is 11.9. The number of anilines is 1. The summed E-state index contributed by atoms with van der Waals surface area (Å²) in [5.41, 5.74) is 4.56. The van der Waals surface area contributed by atoms with Crippen molar-refractivity contribution < 1.29 is 4.79 Å². The lowest BCUT2D eigenvalue weighted by Crippen LogP contribution is -2.50. The highest BCUT2D eigenvalue weighted by Gasteiger charge is 2.31. The minimum absolute atomic E-state index is 0.261. The molecule has 1 saturated heterocycles. The van der Waals surface area contributed by atoms with Gasteiger partial charge in [0.05, 0.1) is 0 Å². The lowest BCUT2D eigenvalue weighted by Gasteiger charge is -2.38. The normalized spacial score (nSPS) is 17.8. The molecular weight excluding hydrogens is 372 g/mol. The minimum Gasteiger partial charge on any atom is -0.353 e. The molecule has 0 N–H and O–H groups in total. The van der Waals surface area contributed by atoms with Gasteiger partial charge in [-0.25, -0.2) is 9.97 Å². The summed E-state index contributed by atoms with van der Waals surface area (Å²) in [5, 5.41) is 0. The van der Waals surface area contributed by atoms with Gasteiger partial charge in [0.25, 0.3) is 0 Å². The zero-order valence-electron chi connectivity index (χ0n) is 18.8. The van der Waals surface area contributed by atoms with Gasteiger partial charge in [0.15, 0.2) is 5.82 Å². The Morgan fingerprint density at radius 3 is 2.20 bits per heavy atom. The van der Waals surface area contributed by atoms with Gasteiger partial charge in [-0.05, 0) is 32.6 Å². The Balaban J connectivity index is 1.58. The fourth-order valence-electron chi connectivity index (χ4n) is 4.88. The molecule has 30 heavy (non-hydrogen) atoms. The molecule has 1 aromatic carbocycles. The summed E-state index contributed by atoms with van der Waals surface area (Å²) in [7, 11) is 0. The monoisotopic (exact) mass is 406 g/mol. The second-order valence-electron chi connectivity index (χ2n) is 9.18. The standard InChI is InChI=1S/C25H34N4O/c1-17(2)22-19(4)26-23(20-11-9-18(3)10-12-20)27-24(22)28-13-15-29(16-14-28)25(30)21-7-5-6-8-21/h9-12,17,21H,5-8,13-16H2,1-4H3. The van der Waals surface area contributed by atoms with Crippen molar-refractivity contribution in [3.05, 3.63) is 41.1 Å². The SMILES string of the molecule is Cc1ccc(-c2nc(C)c(C(C)C)c(N3CCN(C(=O)C4CCCC4)CC3)n2)cc1. The highest BCUT2D eigenvalue weighted by Crippen LogP contribution is 2.32. The van der Waals surface area contributed by atoms with Crippen LogP contribution in [0.5, 0.6) is 0 Å². The third-order valence-electron chi connectivity index (χ3n) is 6.60. The molecule has 2 fully saturated rings. The molecule has 0 spiro atoms. The Bertz CT molecular complexity index is 892. The number of hydrogen-bond donors (Lipinski definition) is 0. The van der Waals surface area contributed by atoms with Crippen LogP contribution in [0.2, 0.25) is 0 Å². The Hall–Kier alpha value is -2.43. The van der Waals surface area contributed by atoms with Crippen molar-refractivity contribution in [1.82, 2.24) is 14.9 Å². The van der Waals surface area contributed by atoms with E-state index >= 15 is 0 Å². The quantitative estimate of drug-likeness (QED) is 0.737. The van der Waals surface area contributed by atoms with Crippen LogP contribution in [0, 0.1) is 19.8 Å². The zero-order valence-corrected chi connectivity index (χ0v) is 18.8. The van der Waals surface area contributed by atoms with E-state index < -0.39 is 0 Å². The lowest BCUT2D eigenvalue weighted by molar-refractivity contribution is -0.135. The Labute approximate surface area is 180 Å². The van der Waals surface area contributed by atoms with Gasteiger partial charge in [-0.15, -0.1) is 0 Å². The molecule has 0 atom stereocenters. The first-order valence-corrected chi connectivity index (χ1v) is 11.4. The Morgan fingerprint density at radius 1 is 0.967 bits per heavy atom. The second-order valence-corrected chi connectivity index (χ2v) is 9.18. The summed E-state index contributed by atoms with van der Waals surface area (Å²) in [5.74, 6) is 2.82. The van der Waals surface area contributed by atoms with E-state index in [1.165, 1.54) is 24.0 Å². The van der Waals surface area contributed by atoms with E-state index in [2.05, 4.69) is 61.8 Å². The molecule has 1 aromatic heterocycles. The minimum atomic E-state index is 0.261. The number of piperazine rings is 1. The third-order valence-corrected chi connectivity index (χ3v) is 6.60. The molecule has 0 radical (unpaired) electrons. The van der Waals surface area contributed by atoms with Gasteiger partial charge >= 0.3 is 0 Å². The second kappa shape index (κ2) is 8.75. The molecule has 160 valence electrons. The molecule has 1 aliphatic carbocycles. The molecule has 4 rings (SSSR count). The fourth-order valence-corrected chi connectivity index (χ4v) is 4.88. The van der Waals surface area contributed by atoms with Crippen molar-refractivity contribution in [2.45, 2.75) is 59.3 Å². The summed E-state index contributed by atoms with van der Waals surface area (Å²) < 4.78 is 0. The Kier molecular flexibility index (Phi) is 6.07. The molecule has 2 heterocycles. The first-order valence-electron chi connectivity index (χ1n) is 11.4. The van der Waals surface area contributed by atoms with Crippen LogP contribution in [0.3, 0.4) is 0 Å². The van der Waals surface area contributed by atoms with Crippen molar-refractivity contribution in [3.8, 4) is 11.4 Å². The van der Waals surface area contributed by atoms with Gasteiger partial charge in [0, 0.05) is 48.9 Å². The van der Waals surface area contributed by atoms with E-state index in [4.69, 9.17) is 9.97 Å². The van der Waals surface area contributed by atoms with Crippen molar-refractivity contribution in [3.63, 3.8) is 0 Å². The topological polar surface area (TPSA) is 49.3 Å². The van der Waals surface area contributed by atoms with E-state index in [0.717, 1.165) is 61.9 Å². The molecule has 5 heteroatoms. The van der Waals surface area contributed by atoms with Crippen LogP contribution in [-0.4, -0.2) is 47.0 Å². The summed E-state index contributed by atoms with van der Waals surface area (Å²) >= 11 is 0. The van der Waals surface area contributed by atoms with Gasteiger partial charge in [0.2, 0.25) is 5.91 Å². The average molecular weight is 407 g/mol. The van der Waals surface area contributed by atoms with Crippen LogP contribution < -0.4 is 4.90 Å². The number of carbonyl (C=O) groups is 1.